The molecule has 1 aromatic carbocycles. The standard InChI is InChI=1S/C15H19NO4/c1-9-6-10(2)13(11(3)7-9)20-8-12(17)16-15(4-5-15)14(18)19/h6-7H,4-5,8H2,1-3H3,(H,16,17)(H,18,19). The summed E-state index contributed by atoms with van der Waals surface area (Å²) in [5, 5.41) is 11.5. The number of benzene rings is 1. The molecular formula is C15H19NO4. The zero-order valence-corrected chi connectivity index (χ0v) is 11.9. The van der Waals surface area contributed by atoms with Crippen LogP contribution in [0.5, 0.6) is 5.75 Å². The van der Waals surface area contributed by atoms with Crippen LogP contribution in [0.25, 0.3) is 0 Å². The highest BCUT2D eigenvalue weighted by Gasteiger charge is 2.51. The number of aliphatic carboxylic acids is 1. The minimum Gasteiger partial charge on any atom is -0.483 e. The first-order valence-electron chi connectivity index (χ1n) is 6.59. The van der Waals surface area contributed by atoms with Gasteiger partial charge in [0.05, 0.1) is 0 Å². The lowest BCUT2D eigenvalue weighted by atomic mass is 10.1. The minimum absolute atomic E-state index is 0.167. The van der Waals surface area contributed by atoms with E-state index in [4.69, 9.17) is 9.84 Å². The molecule has 1 aromatic rings. The van der Waals surface area contributed by atoms with Gasteiger partial charge in [0.1, 0.15) is 11.3 Å². The summed E-state index contributed by atoms with van der Waals surface area (Å²) in [6, 6.07) is 3.97. The molecule has 2 N–H and O–H groups in total. The van der Waals surface area contributed by atoms with E-state index in [-0.39, 0.29) is 6.61 Å². The van der Waals surface area contributed by atoms with Crippen molar-refractivity contribution in [1.29, 1.82) is 0 Å². The number of amides is 1. The highest BCUT2D eigenvalue weighted by atomic mass is 16.5. The summed E-state index contributed by atoms with van der Waals surface area (Å²) < 4.78 is 5.53. The molecule has 0 atom stereocenters. The Balaban J connectivity index is 1.96. The predicted octanol–water partition coefficient (Wildman–Crippen LogP) is 1.72. The molecule has 2 rings (SSSR count). The van der Waals surface area contributed by atoms with Crippen LogP contribution < -0.4 is 10.1 Å². The van der Waals surface area contributed by atoms with Gasteiger partial charge in [-0.2, -0.15) is 0 Å². The molecule has 1 aliphatic carbocycles. The maximum atomic E-state index is 11.8. The Morgan fingerprint density at radius 1 is 1.25 bits per heavy atom. The molecule has 0 spiro atoms. The smallest absolute Gasteiger partial charge is 0.329 e. The summed E-state index contributed by atoms with van der Waals surface area (Å²) >= 11 is 0. The number of carboxylic acids is 1. The Kier molecular flexibility index (Phi) is 3.70. The lowest BCUT2D eigenvalue weighted by Gasteiger charge is -2.15. The van der Waals surface area contributed by atoms with Crippen molar-refractivity contribution >= 4 is 11.9 Å². The molecule has 1 amide bonds. The van der Waals surface area contributed by atoms with Crippen molar-refractivity contribution in [3.8, 4) is 5.75 Å². The monoisotopic (exact) mass is 277 g/mol. The summed E-state index contributed by atoms with van der Waals surface area (Å²) in [6.07, 6.45) is 0.966. The molecule has 1 aliphatic rings. The molecule has 0 unspecified atom stereocenters. The molecular weight excluding hydrogens is 258 g/mol. The topological polar surface area (TPSA) is 75.6 Å². The Bertz CT molecular complexity index is 538. The lowest BCUT2D eigenvalue weighted by Crippen LogP contribution is -2.45. The number of ether oxygens (including phenoxy) is 1. The molecule has 0 aliphatic heterocycles. The number of carbonyl (C=O) groups excluding carboxylic acids is 1. The highest BCUT2D eigenvalue weighted by Crippen LogP contribution is 2.35. The van der Waals surface area contributed by atoms with Crippen LogP contribution in [0.4, 0.5) is 0 Å². The largest absolute Gasteiger partial charge is 0.483 e. The molecule has 1 fully saturated rings. The molecule has 108 valence electrons. The lowest BCUT2D eigenvalue weighted by molar-refractivity contribution is -0.143. The minimum atomic E-state index is -1.06. The van der Waals surface area contributed by atoms with Crippen LogP contribution >= 0.6 is 0 Å². The van der Waals surface area contributed by atoms with E-state index in [2.05, 4.69) is 5.32 Å². The van der Waals surface area contributed by atoms with Gasteiger partial charge in [-0.05, 0) is 44.7 Å². The maximum Gasteiger partial charge on any atom is 0.329 e. The van der Waals surface area contributed by atoms with Crippen LogP contribution in [0.3, 0.4) is 0 Å². The van der Waals surface area contributed by atoms with Gasteiger partial charge < -0.3 is 15.2 Å². The van der Waals surface area contributed by atoms with Gasteiger partial charge in [0.15, 0.2) is 6.61 Å². The molecule has 20 heavy (non-hydrogen) atoms. The first kappa shape index (κ1) is 14.4. The molecule has 0 saturated heterocycles. The zero-order chi connectivity index (χ0) is 14.9. The van der Waals surface area contributed by atoms with Gasteiger partial charge in [-0.3, -0.25) is 4.79 Å². The van der Waals surface area contributed by atoms with Gasteiger partial charge in [0.2, 0.25) is 0 Å². The number of carbonyl (C=O) groups is 2. The summed E-state index contributed by atoms with van der Waals surface area (Å²) in [7, 11) is 0. The number of rotatable bonds is 5. The van der Waals surface area contributed by atoms with Crippen molar-refractivity contribution in [3.63, 3.8) is 0 Å². The van der Waals surface area contributed by atoms with E-state index in [1.807, 2.05) is 32.9 Å². The van der Waals surface area contributed by atoms with E-state index in [0.29, 0.717) is 18.6 Å². The van der Waals surface area contributed by atoms with E-state index in [0.717, 1.165) is 16.7 Å². The number of aryl methyl sites for hydroxylation is 3. The van der Waals surface area contributed by atoms with Crippen LogP contribution in [0, 0.1) is 20.8 Å². The third kappa shape index (κ3) is 2.92. The second-order valence-electron chi connectivity index (χ2n) is 5.45. The summed E-state index contributed by atoms with van der Waals surface area (Å²) in [5.41, 5.74) is 2.02. The first-order valence-corrected chi connectivity index (χ1v) is 6.59. The third-order valence-electron chi connectivity index (χ3n) is 3.49. The molecule has 0 radical (unpaired) electrons. The van der Waals surface area contributed by atoms with Crippen LogP contribution in [0.1, 0.15) is 29.5 Å². The van der Waals surface area contributed by atoms with E-state index < -0.39 is 17.4 Å². The fourth-order valence-electron chi connectivity index (χ4n) is 2.35. The van der Waals surface area contributed by atoms with E-state index >= 15 is 0 Å². The highest BCUT2D eigenvalue weighted by molar-refractivity contribution is 5.90. The number of hydrogen-bond donors (Lipinski definition) is 2. The van der Waals surface area contributed by atoms with Crippen LogP contribution in [0.15, 0.2) is 12.1 Å². The van der Waals surface area contributed by atoms with Gasteiger partial charge in [-0.1, -0.05) is 17.7 Å². The maximum absolute atomic E-state index is 11.8. The third-order valence-corrected chi connectivity index (χ3v) is 3.49. The fraction of sp³-hybridized carbons (Fsp3) is 0.467. The molecule has 0 aromatic heterocycles. The number of carboxylic acid groups (broad SMARTS) is 1. The zero-order valence-electron chi connectivity index (χ0n) is 11.9. The average Bonchev–Trinajstić information content (AvgIpc) is 3.08. The molecule has 0 heterocycles. The van der Waals surface area contributed by atoms with Crippen molar-refractivity contribution in [1.82, 2.24) is 5.32 Å². The van der Waals surface area contributed by atoms with Crippen molar-refractivity contribution in [2.45, 2.75) is 39.2 Å². The van der Waals surface area contributed by atoms with Gasteiger partial charge >= 0.3 is 5.97 Å². The predicted molar refractivity (Wildman–Crippen MR) is 73.9 cm³/mol. The summed E-state index contributed by atoms with van der Waals surface area (Å²) in [4.78, 5) is 22.7. The van der Waals surface area contributed by atoms with Gasteiger partial charge in [0, 0.05) is 0 Å². The second-order valence-corrected chi connectivity index (χ2v) is 5.45. The van der Waals surface area contributed by atoms with E-state index in [9.17, 15) is 9.59 Å². The SMILES string of the molecule is Cc1cc(C)c(OCC(=O)NC2(C(=O)O)CC2)c(C)c1. The Morgan fingerprint density at radius 3 is 2.25 bits per heavy atom. The van der Waals surface area contributed by atoms with Crippen LogP contribution in [0.2, 0.25) is 0 Å². The quantitative estimate of drug-likeness (QED) is 0.859. The Morgan fingerprint density at radius 2 is 1.80 bits per heavy atom. The number of hydrogen-bond acceptors (Lipinski definition) is 3. The molecule has 5 heteroatoms. The van der Waals surface area contributed by atoms with Crippen molar-refractivity contribution in [2.75, 3.05) is 6.61 Å². The van der Waals surface area contributed by atoms with E-state index in [1.165, 1.54) is 0 Å². The molecule has 1 saturated carbocycles. The van der Waals surface area contributed by atoms with Gasteiger partial charge in [-0.15, -0.1) is 0 Å². The first-order chi connectivity index (χ1) is 9.34. The van der Waals surface area contributed by atoms with Crippen LogP contribution in [-0.2, 0) is 9.59 Å². The van der Waals surface area contributed by atoms with Crippen LogP contribution in [-0.4, -0.2) is 29.1 Å². The second kappa shape index (κ2) is 5.15. The summed E-state index contributed by atoms with van der Waals surface area (Å²) in [5.74, 6) is -0.691. The molecule has 5 nitrogen and oxygen atoms in total. The summed E-state index contributed by atoms with van der Waals surface area (Å²) in [6.45, 7) is 5.68. The Hall–Kier alpha value is -2.04. The van der Waals surface area contributed by atoms with Gasteiger partial charge in [-0.25, -0.2) is 4.79 Å². The van der Waals surface area contributed by atoms with Gasteiger partial charge in [0.25, 0.3) is 5.91 Å². The van der Waals surface area contributed by atoms with Crippen molar-refractivity contribution in [3.05, 3.63) is 28.8 Å². The fourth-order valence-corrected chi connectivity index (χ4v) is 2.35. The molecule has 0 bridgehead atoms. The van der Waals surface area contributed by atoms with E-state index in [1.54, 1.807) is 0 Å². The Labute approximate surface area is 117 Å². The number of nitrogens with one attached hydrogen (secondary N) is 1. The van der Waals surface area contributed by atoms with Crippen molar-refractivity contribution in [2.24, 2.45) is 0 Å². The normalized spacial score (nSPS) is 15.6. The average molecular weight is 277 g/mol. The van der Waals surface area contributed by atoms with Crippen molar-refractivity contribution < 1.29 is 19.4 Å².